The molecule has 150 valence electrons. The number of benzene rings is 2. The average molecular weight is 412 g/mol. The number of hydrogen-bond donors (Lipinski definition) is 2. The maximum Gasteiger partial charge on any atom is 0.387 e. The number of halogens is 2. The number of rotatable bonds is 9. The number of alkyl halides is 2. The first-order valence-electron chi connectivity index (χ1n) is 8.13. The lowest BCUT2D eigenvalue weighted by Crippen LogP contribution is -2.28. The van der Waals surface area contributed by atoms with Gasteiger partial charge in [-0.3, -0.25) is 9.59 Å². The van der Waals surface area contributed by atoms with E-state index in [-0.39, 0.29) is 35.0 Å². The molecular weight excluding hydrogens is 394 g/mol. The summed E-state index contributed by atoms with van der Waals surface area (Å²) in [4.78, 5) is 23.2. The fourth-order valence-electron chi connectivity index (χ4n) is 2.21. The minimum absolute atomic E-state index is 0.0476. The highest BCUT2D eigenvalue weighted by Gasteiger charge is 2.15. The largest absolute Gasteiger partial charge is 0.435 e. The SMILES string of the molecule is CC(=O)c1cccc(S(=O)(=O)NCCC(=O)Nc2ccc(OC(F)F)cc2)c1. The van der Waals surface area contributed by atoms with Crippen molar-refractivity contribution < 1.29 is 31.5 Å². The highest BCUT2D eigenvalue weighted by Crippen LogP contribution is 2.18. The van der Waals surface area contributed by atoms with E-state index in [4.69, 9.17) is 0 Å². The van der Waals surface area contributed by atoms with Crippen LogP contribution < -0.4 is 14.8 Å². The quantitative estimate of drug-likeness (QED) is 0.617. The zero-order valence-electron chi connectivity index (χ0n) is 14.8. The average Bonchev–Trinajstić information content (AvgIpc) is 2.63. The molecule has 0 aromatic heterocycles. The van der Waals surface area contributed by atoms with Gasteiger partial charge in [-0.05, 0) is 43.3 Å². The van der Waals surface area contributed by atoms with Gasteiger partial charge in [0.05, 0.1) is 4.90 Å². The molecule has 2 aromatic carbocycles. The van der Waals surface area contributed by atoms with Gasteiger partial charge in [-0.15, -0.1) is 0 Å². The molecule has 0 unspecified atom stereocenters. The molecule has 2 N–H and O–H groups in total. The van der Waals surface area contributed by atoms with Crippen LogP contribution in [0.15, 0.2) is 53.4 Å². The van der Waals surface area contributed by atoms with Crippen molar-refractivity contribution in [2.45, 2.75) is 24.9 Å². The van der Waals surface area contributed by atoms with Crippen LogP contribution in [0.25, 0.3) is 0 Å². The van der Waals surface area contributed by atoms with Gasteiger partial charge in [0.15, 0.2) is 5.78 Å². The molecule has 1 amide bonds. The van der Waals surface area contributed by atoms with E-state index in [0.717, 1.165) is 0 Å². The van der Waals surface area contributed by atoms with Crippen LogP contribution in [0.3, 0.4) is 0 Å². The van der Waals surface area contributed by atoms with E-state index in [1.807, 2.05) is 0 Å². The van der Waals surface area contributed by atoms with Crippen LogP contribution in [0, 0.1) is 0 Å². The number of sulfonamides is 1. The number of anilines is 1. The molecule has 2 aromatic rings. The standard InChI is InChI=1S/C18H18F2N2O5S/c1-12(23)13-3-2-4-16(11-13)28(25,26)21-10-9-17(24)22-14-5-7-15(8-6-14)27-18(19)20/h2-8,11,18,21H,9-10H2,1H3,(H,22,24). The van der Waals surface area contributed by atoms with Crippen LogP contribution in [-0.2, 0) is 14.8 Å². The summed E-state index contributed by atoms with van der Waals surface area (Å²) in [5.74, 6) is -0.780. The van der Waals surface area contributed by atoms with Crippen LogP contribution in [0.5, 0.6) is 5.75 Å². The molecule has 0 fully saturated rings. The predicted molar refractivity (Wildman–Crippen MR) is 98.0 cm³/mol. The van der Waals surface area contributed by atoms with E-state index in [1.54, 1.807) is 0 Å². The molecule has 0 aliphatic carbocycles. The van der Waals surface area contributed by atoms with E-state index in [1.165, 1.54) is 55.5 Å². The molecule has 28 heavy (non-hydrogen) atoms. The Kier molecular flexibility index (Phi) is 7.18. The summed E-state index contributed by atoms with van der Waals surface area (Å²) < 4.78 is 55.1. The van der Waals surface area contributed by atoms with Crippen LogP contribution in [-0.4, -0.2) is 33.3 Å². The Hall–Kier alpha value is -2.85. The number of carbonyl (C=O) groups excluding carboxylic acids is 2. The van der Waals surface area contributed by atoms with Crippen molar-refractivity contribution in [2.24, 2.45) is 0 Å². The Balaban J connectivity index is 1.87. The molecule has 10 heteroatoms. The second-order valence-electron chi connectivity index (χ2n) is 5.68. The van der Waals surface area contributed by atoms with Crippen LogP contribution in [0.4, 0.5) is 14.5 Å². The van der Waals surface area contributed by atoms with Crippen molar-refractivity contribution in [3.05, 3.63) is 54.1 Å². The third-order valence-electron chi connectivity index (χ3n) is 3.56. The Labute approximate surface area is 160 Å². The Morgan fingerprint density at radius 2 is 1.79 bits per heavy atom. The summed E-state index contributed by atoms with van der Waals surface area (Å²) in [5, 5.41) is 2.51. The molecule has 0 radical (unpaired) electrons. The zero-order valence-corrected chi connectivity index (χ0v) is 15.6. The van der Waals surface area contributed by atoms with Crippen LogP contribution in [0.2, 0.25) is 0 Å². The summed E-state index contributed by atoms with van der Waals surface area (Å²) in [6.07, 6.45) is -0.152. The number of nitrogens with one attached hydrogen (secondary N) is 2. The van der Waals surface area contributed by atoms with Crippen molar-refractivity contribution in [2.75, 3.05) is 11.9 Å². The van der Waals surface area contributed by atoms with E-state index in [9.17, 15) is 26.8 Å². The van der Waals surface area contributed by atoms with Gasteiger partial charge in [-0.25, -0.2) is 13.1 Å². The number of ether oxygens (including phenoxy) is 1. The van der Waals surface area contributed by atoms with E-state index < -0.39 is 22.5 Å². The topological polar surface area (TPSA) is 102 Å². The van der Waals surface area contributed by atoms with Crippen molar-refractivity contribution in [1.82, 2.24) is 4.72 Å². The molecule has 0 spiro atoms. The lowest BCUT2D eigenvalue weighted by molar-refractivity contribution is -0.116. The number of ketones is 1. The predicted octanol–water partition coefficient (Wildman–Crippen LogP) is 2.80. The van der Waals surface area contributed by atoms with Crippen molar-refractivity contribution in [3.63, 3.8) is 0 Å². The summed E-state index contributed by atoms with van der Waals surface area (Å²) in [5.41, 5.74) is 0.614. The highest BCUT2D eigenvalue weighted by molar-refractivity contribution is 7.89. The van der Waals surface area contributed by atoms with Gasteiger partial charge >= 0.3 is 6.61 Å². The Morgan fingerprint density at radius 3 is 2.39 bits per heavy atom. The molecule has 0 bridgehead atoms. The summed E-state index contributed by atoms with van der Waals surface area (Å²) in [6.45, 7) is -1.77. The van der Waals surface area contributed by atoms with E-state index in [0.29, 0.717) is 5.69 Å². The van der Waals surface area contributed by atoms with E-state index >= 15 is 0 Å². The number of amides is 1. The maximum atomic E-state index is 12.2. The zero-order chi connectivity index (χ0) is 20.7. The van der Waals surface area contributed by atoms with Gasteiger partial charge < -0.3 is 10.1 Å². The highest BCUT2D eigenvalue weighted by atomic mass is 32.2. The van der Waals surface area contributed by atoms with Gasteiger partial charge in [0, 0.05) is 24.2 Å². The maximum absolute atomic E-state index is 12.2. The third-order valence-corrected chi connectivity index (χ3v) is 5.02. The van der Waals surface area contributed by atoms with Crippen LogP contribution in [0.1, 0.15) is 23.7 Å². The normalized spacial score (nSPS) is 11.3. The molecular formula is C18H18F2N2O5S. The first-order valence-corrected chi connectivity index (χ1v) is 9.61. The van der Waals surface area contributed by atoms with Crippen molar-refractivity contribution in [3.8, 4) is 5.75 Å². The van der Waals surface area contributed by atoms with Gasteiger partial charge in [-0.2, -0.15) is 8.78 Å². The molecule has 0 heterocycles. The van der Waals surface area contributed by atoms with Gasteiger partial charge in [0.1, 0.15) is 5.75 Å². The number of carbonyl (C=O) groups is 2. The lowest BCUT2D eigenvalue weighted by Gasteiger charge is -2.09. The molecule has 7 nitrogen and oxygen atoms in total. The molecule has 2 rings (SSSR count). The van der Waals surface area contributed by atoms with Crippen LogP contribution >= 0.6 is 0 Å². The Morgan fingerprint density at radius 1 is 1.11 bits per heavy atom. The molecule has 0 aliphatic heterocycles. The second kappa shape index (κ2) is 9.38. The summed E-state index contributed by atoms with van der Waals surface area (Å²) >= 11 is 0. The van der Waals surface area contributed by atoms with Crippen molar-refractivity contribution >= 4 is 27.4 Å². The van der Waals surface area contributed by atoms with Gasteiger partial charge in [0.2, 0.25) is 15.9 Å². The Bertz CT molecular complexity index is 947. The lowest BCUT2D eigenvalue weighted by atomic mass is 10.2. The fourth-order valence-corrected chi connectivity index (χ4v) is 3.28. The van der Waals surface area contributed by atoms with Crippen molar-refractivity contribution in [1.29, 1.82) is 0 Å². The third kappa shape index (κ3) is 6.39. The summed E-state index contributed by atoms with van der Waals surface area (Å²) in [6, 6.07) is 10.9. The van der Waals surface area contributed by atoms with Gasteiger partial charge in [-0.1, -0.05) is 12.1 Å². The molecule has 0 aliphatic rings. The fraction of sp³-hybridized carbons (Fsp3) is 0.222. The summed E-state index contributed by atoms with van der Waals surface area (Å²) in [7, 11) is -3.87. The van der Waals surface area contributed by atoms with Gasteiger partial charge in [0.25, 0.3) is 0 Å². The second-order valence-corrected chi connectivity index (χ2v) is 7.45. The monoisotopic (exact) mass is 412 g/mol. The molecule has 0 atom stereocenters. The first-order chi connectivity index (χ1) is 13.2. The van der Waals surface area contributed by atoms with E-state index in [2.05, 4.69) is 14.8 Å². The number of hydrogen-bond acceptors (Lipinski definition) is 5. The first kappa shape index (κ1) is 21.5. The number of Topliss-reactive ketones (excluding diaryl/α,β-unsaturated/α-hetero) is 1. The smallest absolute Gasteiger partial charge is 0.387 e. The minimum atomic E-state index is -3.87. The molecule has 0 saturated carbocycles. The minimum Gasteiger partial charge on any atom is -0.435 e. The molecule has 0 saturated heterocycles.